The Kier molecular flexibility index (Phi) is 5.41. The molecule has 4 rings (SSSR count). The van der Waals surface area contributed by atoms with Gasteiger partial charge < -0.3 is 10.6 Å². The fraction of sp³-hybridized carbons (Fsp3) is 0.450. The van der Waals surface area contributed by atoms with Crippen molar-refractivity contribution < 1.29 is 4.79 Å². The lowest BCUT2D eigenvalue weighted by molar-refractivity contribution is 0.0855. The van der Waals surface area contributed by atoms with Crippen molar-refractivity contribution in [2.45, 2.75) is 52.5 Å². The van der Waals surface area contributed by atoms with E-state index in [1.54, 1.807) is 12.4 Å². The summed E-state index contributed by atoms with van der Waals surface area (Å²) < 4.78 is 1.06. The van der Waals surface area contributed by atoms with E-state index < -0.39 is 0 Å². The Morgan fingerprint density at radius 1 is 1.15 bits per heavy atom. The number of nitrogens with one attached hydrogen (secondary N) is 2. The maximum absolute atomic E-state index is 12.8. The fourth-order valence-corrected chi connectivity index (χ4v) is 4.58. The molecule has 1 spiro atoms. The Balaban J connectivity index is 0.000000948. The average Bonchev–Trinajstić information content (AvgIpc) is 2.93. The number of rotatable bonds is 2. The molecule has 5 nitrogen and oxygen atoms in total. The molecule has 0 saturated heterocycles. The molecular formula is C20H26N4OS. The lowest BCUT2D eigenvalue weighted by Crippen LogP contribution is -2.56. The first kappa shape index (κ1) is 18.6. The summed E-state index contributed by atoms with van der Waals surface area (Å²) in [4.78, 5) is 22.5. The Morgan fingerprint density at radius 2 is 1.88 bits per heavy atom. The summed E-state index contributed by atoms with van der Waals surface area (Å²) in [6, 6.07) is 3.99. The molecule has 1 aliphatic carbocycles. The SMILES string of the molecule is CC.CC=Nc1ccc2sc3c(c2c1N=CC)NCC1(CCC1)NC3=O. The van der Waals surface area contributed by atoms with Crippen LogP contribution in [0.4, 0.5) is 17.1 Å². The van der Waals surface area contributed by atoms with E-state index in [0.717, 1.165) is 51.4 Å². The molecule has 1 aromatic heterocycles. The van der Waals surface area contributed by atoms with Gasteiger partial charge in [-0.15, -0.1) is 11.3 Å². The van der Waals surface area contributed by atoms with Crippen molar-refractivity contribution in [3.05, 3.63) is 17.0 Å². The van der Waals surface area contributed by atoms with Gasteiger partial charge in [-0.3, -0.25) is 14.8 Å². The van der Waals surface area contributed by atoms with Gasteiger partial charge in [0.2, 0.25) is 0 Å². The fourth-order valence-electron chi connectivity index (χ4n) is 3.50. The minimum absolute atomic E-state index is 0.0304. The maximum Gasteiger partial charge on any atom is 0.264 e. The molecule has 0 unspecified atom stereocenters. The third-order valence-electron chi connectivity index (χ3n) is 4.83. The zero-order valence-corrected chi connectivity index (χ0v) is 16.7. The van der Waals surface area contributed by atoms with Gasteiger partial charge in [0, 0.05) is 29.1 Å². The van der Waals surface area contributed by atoms with Crippen LogP contribution in [-0.2, 0) is 0 Å². The van der Waals surface area contributed by atoms with E-state index in [0.29, 0.717) is 0 Å². The van der Waals surface area contributed by atoms with Crippen LogP contribution in [0, 0.1) is 0 Å². The van der Waals surface area contributed by atoms with Crippen LogP contribution in [0.1, 0.15) is 56.6 Å². The Hall–Kier alpha value is -2.21. The van der Waals surface area contributed by atoms with E-state index in [4.69, 9.17) is 0 Å². The summed E-state index contributed by atoms with van der Waals surface area (Å²) in [5.41, 5.74) is 2.49. The predicted octanol–water partition coefficient (Wildman–Crippen LogP) is 5.45. The first-order chi connectivity index (χ1) is 12.7. The second-order valence-electron chi connectivity index (χ2n) is 6.33. The molecule has 0 bridgehead atoms. The summed E-state index contributed by atoms with van der Waals surface area (Å²) in [5.74, 6) is 0.0304. The zero-order valence-electron chi connectivity index (χ0n) is 15.8. The first-order valence-electron chi connectivity index (χ1n) is 9.31. The van der Waals surface area contributed by atoms with Gasteiger partial charge in [-0.05, 0) is 45.2 Å². The normalized spacial score (nSPS) is 18.1. The highest BCUT2D eigenvalue weighted by Crippen LogP contribution is 2.47. The van der Waals surface area contributed by atoms with E-state index in [-0.39, 0.29) is 11.4 Å². The van der Waals surface area contributed by atoms with Crippen LogP contribution in [0.5, 0.6) is 0 Å². The van der Waals surface area contributed by atoms with Gasteiger partial charge in [-0.2, -0.15) is 0 Å². The van der Waals surface area contributed by atoms with E-state index in [9.17, 15) is 4.79 Å². The van der Waals surface area contributed by atoms with Crippen molar-refractivity contribution in [2.75, 3.05) is 11.9 Å². The van der Waals surface area contributed by atoms with Crippen LogP contribution >= 0.6 is 11.3 Å². The summed E-state index contributed by atoms with van der Waals surface area (Å²) in [6.45, 7) is 8.56. The number of carbonyl (C=O) groups is 1. The summed E-state index contributed by atoms with van der Waals surface area (Å²) in [7, 11) is 0. The lowest BCUT2D eigenvalue weighted by Gasteiger charge is -2.41. The number of amides is 1. The third kappa shape index (κ3) is 3.03. The van der Waals surface area contributed by atoms with E-state index >= 15 is 0 Å². The van der Waals surface area contributed by atoms with Crippen LogP contribution < -0.4 is 10.6 Å². The monoisotopic (exact) mass is 370 g/mol. The van der Waals surface area contributed by atoms with Gasteiger partial charge >= 0.3 is 0 Å². The number of anilines is 1. The van der Waals surface area contributed by atoms with E-state index in [1.165, 1.54) is 17.8 Å². The highest BCUT2D eigenvalue weighted by Gasteiger charge is 2.41. The number of benzene rings is 1. The van der Waals surface area contributed by atoms with Crippen molar-refractivity contribution in [2.24, 2.45) is 9.98 Å². The average molecular weight is 371 g/mol. The van der Waals surface area contributed by atoms with Gasteiger partial charge in [0.15, 0.2) is 0 Å². The number of aliphatic imine (C=N–C) groups is 2. The molecule has 26 heavy (non-hydrogen) atoms. The molecule has 1 aromatic carbocycles. The van der Waals surface area contributed by atoms with Crippen molar-refractivity contribution in [3.8, 4) is 0 Å². The number of fused-ring (bicyclic) bond motifs is 3. The van der Waals surface area contributed by atoms with Crippen LogP contribution in [0.25, 0.3) is 10.1 Å². The van der Waals surface area contributed by atoms with E-state index in [1.807, 2.05) is 39.8 Å². The smallest absolute Gasteiger partial charge is 0.264 e. The number of hydrogen-bond donors (Lipinski definition) is 2. The minimum Gasteiger partial charge on any atom is -0.381 e. The van der Waals surface area contributed by atoms with Gasteiger partial charge in [0.05, 0.1) is 22.6 Å². The molecule has 0 atom stereocenters. The summed E-state index contributed by atoms with van der Waals surface area (Å²) in [5, 5.41) is 7.78. The number of carbonyl (C=O) groups excluding carboxylic acids is 1. The molecule has 2 heterocycles. The molecule has 1 aliphatic heterocycles. The van der Waals surface area contributed by atoms with Gasteiger partial charge in [-0.1, -0.05) is 13.8 Å². The molecule has 0 radical (unpaired) electrons. The number of thiophene rings is 1. The third-order valence-corrected chi connectivity index (χ3v) is 5.99. The molecule has 2 aromatic rings. The minimum atomic E-state index is -0.0739. The van der Waals surface area contributed by atoms with Crippen molar-refractivity contribution in [1.82, 2.24) is 5.32 Å². The standard InChI is InChI=1S/C18H20N4OS.C2H6/c1-3-19-11-6-7-12-13(14(11)20-4-2)15-16(24-12)17(23)22-18(10-21-15)8-5-9-18;1-2/h3-4,6-7,21H,5,8-10H2,1-2H3,(H,22,23);1-2H3. The van der Waals surface area contributed by atoms with Gasteiger partial charge in [-0.25, -0.2) is 0 Å². The van der Waals surface area contributed by atoms with Crippen molar-refractivity contribution in [3.63, 3.8) is 0 Å². The molecule has 2 N–H and O–H groups in total. The number of hydrogen-bond acceptors (Lipinski definition) is 5. The van der Waals surface area contributed by atoms with Gasteiger partial charge in [0.1, 0.15) is 4.88 Å². The Bertz CT molecular complexity index is 878. The molecule has 138 valence electrons. The van der Waals surface area contributed by atoms with Crippen LogP contribution in [-0.4, -0.2) is 30.4 Å². The highest BCUT2D eigenvalue weighted by atomic mass is 32.1. The second-order valence-corrected chi connectivity index (χ2v) is 7.38. The quantitative estimate of drug-likeness (QED) is 0.690. The Labute approximate surface area is 158 Å². The largest absolute Gasteiger partial charge is 0.381 e. The molecule has 2 aliphatic rings. The Morgan fingerprint density at radius 3 is 2.50 bits per heavy atom. The van der Waals surface area contributed by atoms with Crippen molar-refractivity contribution in [1.29, 1.82) is 0 Å². The lowest BCUT2D eigenvalue weighted by atomic mass is 9.77. The molecule has 1 amide bonds. The zero-order chi connectivity index (χ0) is 18.7. The van der Waals surface area contributed by atoms with Crippen LogP contribution in [0.3, 0.4) is 0 Å². The molecule has 6 heteroatoms. The number of nitrogens with zero attached hydrogens (tertiary/aromatic N) is 2. The molecule has 1 saturated carbocycles. The molecule has 1 fully saturated rings. The molecular weight excluding hydrogens is 344 g/mol. The predicted molar refractivity (Wildman–Crippen MR) is 113 cm³/mol. The van der Waals surface area contributed by atoms with Crippen molar-refractivity contribution >= 4 is 56.8 Å². The second kappa shape index (κ2) is 7.58. The summed E-state index contributed by atoms with van der Waals surface area (Å²) in [6.07, 6.45) is 6.81. The topological polar surface area (TPSA) is 65.8 Å². The highest BCUT2D eigenvalue weighted by molar-refractivity contribution is 7.21. The van der Waals surface area contributed by atoms with Crippen LogP contribution in [0.2, 0.25) is 0 Å². The maximum atomic E-state index is 12.8. The van der Waals surface area contributed by atoms with E-state index in [2.05, 4.69) is 20.6 Å². The van der Waals surface area contributed by atoms with Crippen LogP contribution in [0.15, 0.2) is 22.1 Å². The summed E-state index contributed by atoms with van der Waals surface area (Å²) >= 11 is 1.52. The van der Waals surface area contributed by atoms with Gasteiger partial charge in [0.25, 0.3) is 5.91 Å². The first-order valence-corrected chi connectivity index (χ1v) is 10.1.